The number of hydrogen-bond acceptors (Lipinski definition) is 4. The Hall–Kier alpha value is -1.99. The molecule has 0 aliphatic rings. The van der Waals surface area contributed by atoms with Crippen molar-refractivity contribution in [1.82, 2.24) is 4.98 Å². The highest BCUT2D eigenvalue weighted by molar-refractivity contribution is 7.13. The van der Waals surface area contributed by atoms with Crippen LogP contribution in [0.4, 0.5) is 0 Å². The lowest BCUT2D eigenvalue weighted by Crippen LogP contribution is -2.06. The van der Waals surface area contributed by atoms with Crippen LogP contribution in [0.2, 0.25) is 0 Å². The van der Waals surface area contributed by atoms with E-state index in [0.29, 0.717) is 5.69 Å². The average Bonchev–Trinajstić information content (AvgIpc) is 2.80. The number of ketones is 1. The third-order valence-electron chi connectivity index (χ3n) is 2.37. The van der Waals surface area contributed by atoms with Gasteiger partial charge in [-0.2, -0.15) is 5.26 Å². The number of nitriles is 1. The predicted molar refractivity (Wildman–Crippen MR) is 66.6 cm³/mol. The minimum atomic E-state index is -0.747. The Bertz CT molecular complexity index is 569. The van der Waals surface area contributed by atoms with Crippen molar-refractivity contribution in [2.24, 2.45) is 0 Å². The fraction of sp³-hybridized carbons (Fsp3) is 0.154. The van der Waals surface area contributed by atoms with Gasteiger partial charge in [0.15, 0.2) is 5.78 Å². The van der Waals surface area contributed by atoms with Crippen molar-refractivity contribution in [1.29, 1.82) is 5.26 Å². The van der Waals surface area contributed by atoms with Crippen LogP contribution in [-0.2, 0) is 4.79 Å². The predicted octanol–water partition coefficient (Wildman–Crippen LogP) is 3.01. The quantitative estimate of drug-likeness (QED) is 0.831. The number of rotatable bonds is 3. The zero-order valence-corrected chi connectivity index (χ0v) is 10.1. The molecule has 1 aromatic heterocycles. The number of Topliss-reactive ketones (excluding diaryl/α,β-unsaturated/α-hetero) is 1. The second kappa shape index (κ2) is 4.89. The Morgan fingerprint density at radius 1 is 1.41 bits per heavy atom. The molecule has 0 saturated heterocycles. The molecule has 0 bridgehead atoms. The van der Waals surface area contributed by atoms with E-state index < -0.39 is 5.92 Å². The maximum atomic E-state index is 11.3. The Kier molecular flexibility index (Phi) is 3.31. The SMILES string of the molecule is CC(=O)C(C#N)c1csc(-c2ccccc2)n1. The summed E-state index contributed by atoms with van der Waals surface area (Å²) in [6.45, 7) is 1.41. The molecule has 0 spiro atoms. The summed E-state index contributed by atoms with van der Waals surface area (Å²) in [5.41, 5.74) is 1.55. The maximum Gasteiger partial charge on any atom is 0.153 e. The Labute approximate surface area is 103 Å². The highest BCUT2D eigenvalue weighted by Gasteiger charge is 2.19. The third kappa shape index (κ3) is 2.40. The van der Waals surface area contributed by atoms with Gasteiger partial charge < -0.3 is 0 Å². The molecule has 1 heterocycles. The third-order valence-corrected chi connectivity index (χ3v) is 3.28. The van der Waals surface area contributed by atoms with Crippen LogP contribution in [0.3, 0.4) is 0 Å². The summed E-state index contributed by atoms with van der Waals surface area (Å²) in [7, 11) is 0. The van der Waals surface area contributed by atoms with E-state index in [4.69, 9.17) is 5.26 Å². The van der Waals surface area contributed by atoms with Gasteiger partial charge in [0.2, 0.25) is 0 Å². The average molecular weight is 242 g/mol. The van der Waals surface area contributed by atoms with Gasteiger partial charge >= 0.3 is 0 Å². The maximum absolute atomic E-state index is 11.3. The number of thiazole rings is 1. The van der Waals surface area contributed by atoms with Crippen molar-refractivity contribution in [2.45, 2.75) is 12.8 Å². The molecule has 0 aliphatic heterocycles. The smallest absolute Gasteiger partial charge is 0.153 e. The minimum absolute atomic E-state index is 0.169. The van der Waals surface area contributed by atoms with E-state index in [2.05, 4.69) is 4.98 Å². The van der Waals surface area contributed by atoms with Gasteiger partial charge in [-0.3, -0.25) is 4.79 Å². The highest BCUT2D eigenvalue weighted by Crippen LogP contribution is 2.26. The first-order valence-electron chi connectivity index (χ1n) is 5.13. The number of hydrogen-bond donors (Lipinski definition) is 0. The van der Waals surface area contributed by atoms with Crippen LogP contribution in [0, 0.1) is 11.3 Å². The van der Waals surface area contributed by atoms with E-state index in [1.54, 1.807) is 5.38 Å². The number of carbonyl (C=O) groups excluding carboxylic acids is 1. The van der Waals surface area contributed by atoms with E-state index in [-0.39, 0.29) is 5.78 Å². The van der Waals surface area contributed by atoms with Crippen LogP contribution in [0.25, 0.3) is 10.6 Å². The molecule has 4 heteroatoms. The summed E-state index contributed by atoms with van der Waals surface area (Å²) in [6, 6.07) is 11.7. The first-order chi connectivity index (χ1) is 8.22. The van der Waals surface area contributed by atoms with Crippen LogP contribution in [0.15, 0.2) is 35.7 Å². The van der Waals surface area contributed by atoms with Crippen molar-refractivity contribution < 1.29 is 4.79 Å². The van der Waals surface area contributed by atoms with E-state index in [1.165, 1.54) is 18.3 Å². The van der Waals surface area contributed by atoms with Gasteiger partial charge in [0.1, 0.15) is 10.9 Å². The van der Waals surface area contributed by atoms with Crippen molar-refractivity contribution in [2.75, 3.05) is 0 Å². The molecule has 3 nitrogen and oxygen atoms in total. The second-order valence-electron chi connectivity index (χ2n) is 3.62. The van der Waals surface area contributed by atoms with Gasteiger partial charge in [-0.1, -0.05) is 30.3 Å². The molecular weight excluding hydrogens is 232 g/mol. The lowest BCUT2D eigenvalue weighted by atomic mass is 10.0. The van der Waals surface area contributed by atoms with Gasteiger partial charge in [0.05, 0.1) is 11.8 Å². The molecule has 17 heavy (non-hydrogen) atoms. The Morgan fingerprint density at radius 2 is 2.12 bits per heavy atom. The molecule has 2 rings (SSSR count). The van der Waals surface area contributed by atoms with Crippen molar-refractivity contribution in [3.05, 3.63) is 41.4 Å². The topological polar surface area (TPSA) is 53.8 Å². The molecule has 0 radical (unpaired) electrons. The fourth-order valence-electron chi connectivity index (χ4n) is 1.50. The Balaban J connectivity index is 2.34. The van der Waals surface area contributed by atoms with Gasteiger partial charge in [0, 0.05) is 10.9 Å². The second-order valence-corrected chi connectivity index (χ2v) is 4.47. The first-order valence-corrected chi connectivity index (χ1v) is 6.01. The van der Waals surface area contributed by atoms with E-state index >= 15 is 0 Å². The standard InChI is InChI=1S/C13H10N2OS/c1-9(16)11(7-14)12-8-17-13(15-12)10-5-3-2-4-6-10/h2-6,8,11H,1H3. The first kappa shape index (κ1) is 11.5. The molecule has 0 amide bonds. The zero-order chi connectivity index (χ0) is 12.3. The van der Waals surface area contributed by atoms with Crippen LogP contribution in [0.5, 0.6) is 0 Å². The van der Waals surface area contributed by atoms with Gasteiger partial charge in [-0.15, -0.1) is 11.3 Å². The molecule has 0 aliphatic carbocycles. The van der Waals surface area contributed by atoms with Gasteiger partial charge in [0.25, 0.3) is 0 Å². The summed E-state index contributed by atoms with van der Waals surface area (Å²) in [5.74, 6) is -0.916. The number of carbonyl (C=O) groups is 1. The van der Waals surface area contributed by atoms with Gasteiger partial charge in [-0.25, -0.2) is 4.98 Å². The number of aromatic nitrogens is 1. The van der Waals surface area contributed by atoms with Crippen molar-refractivity contribution in [3.8, 4) is 16.6 Å². The molecule has 0 fully saturated rings. The lowest BCUT2D eigenvalue weighted by molar-refractivity contribution is -0.117. The van der Waals surface area contributed by atoms with E-state index in [1.807, 2.05) is 36.4 Å². The monoisotopic (exact) mass is 242 g/mol. The van der Waals surface area contributed by atoms with Crippen molar-refractivity contribution in [3.63, 3.8) is 0 Å². The molecule has 84 valence electrons. The fourth-order valence-corrected chi connectivity index (χ4v) is 2.35. The molecular formula is C13H10N2OS. The number of nitrogens with zero attached hydrogens (tertiary/aromatic N) is 2. The summed E-state index contributed by atoms with van der Waals surface area (Å²) >= 11 is 1.45. The molecule has 0 N–H and O–H groups in total. The number of benzene rings is 1. The highest BCUT2D eigenvalue weighted by atomic mass is 32.1. The molecule has 0 saturated carbocycles. The Morgan fingerprint density at radius 3 is 2.71 bits per heavy atom. The van der Waals surface area contributed by atoms with E-state index in [0.717, 1.165) is 10.6 Å². The molecule has 1 aromatic carbocycles. The normalized spacial score (nSPS) is 11.8. The van der Waals surface area contributed by atoms with Crippen LogP contribution < -0.4 is 0 Å². The molecule has 1 unspecified atom stereocenters. The van der Waals surface area contributed by atoms with Crippen LogP contribution in [-0.4, -0.2) is 10.8 Å². The van der Waals surface area contributed by atoms with Gasteiger partial charge in [-0.05, 0) is 6.92 Å². The summed E-state index contributed by atoms with van der Waals surface area (Å²) < 4.78 is 0. The summed E-state index contributed by atoms with van der Waals surface area (Å²) in [4.78, 5) is 15.6. The molecule has 2 aromatic rings. The van der Waals surface area contributed by atoms with Crippen LogP contribution >= 0.6 is 11.3 Å². The minimum Gasteiger partial charge on any atom is -0.298 e. The molecule has 1 atom stereocenters. The largest absolute Gasteiger partial charge is 0.298 e. The van der Waals surface area contributed by atoms with Crippen LogP contribution in [0.1, 0.15) is 18.5 Å². The zero-order valence-electron chi connectivity index (χ0n) is 9.25. The summed E-state index contributed by atoms with van der Waals surface area (Å²) in [6.07, 6.45) is 0. The summed E-state index contributed by atoms with van der Waals surface area (Å²) in [5, 5.41) is 11.5. The van der Waals surface area contributed by atoms with Crippen molar-refractivity contribution >= 4 is 17.1 Å². The lowest BCUT2D eigenvalue weighted by Gasteiger charge is -1.99. The van der Waals surface area contributed by atoms with E-state index in [9.17, 15) is 4.79 Å².